The smallest absolute Gasteiger partial charge is 0.124 e. The van der Waals surface area contributed by atoms with Gasteiger partial charge in [0.2, 0.25) is 0 Å². The highest BCUT2D eigenvalue weighted by molar-refractivity contribution is 5.82. The van der Waals surface area contributed by atoms with E-state index < -0.39 is 0 Å². The molecule has 2 aromatic carbocycles. The summed E-state index contributed by atoms with van der Waals surface area (Å²) in [5, 5.41) is 3.51. The van der Waals surface area contributed by atoms with Crippen molar-refractivity contribution < 1.29 is 9.47 Å². The topological polar surface area (TPSA) is 64.4 Å². The van der Waals surface area contributed by atoms with Crippen molar-refractivity contribution in [2.45, 2.75) is 19.9 Å². The van der Waals surface area contributed by atoms with Crippen molar-refractivity contribution in [3.8, 4) is 22.8 Å². The minimum absolute atomic E-state index is 0.405. The maximum Gasteiger partial charge on any atom is 0.124 e. The van der Waals surface area contributed by atoms with E-state index in [1.165, 1.54) is 0 Å². The molecule has 2 aromatic heterocycles. The van der Waals surface area contributed by atoms with E-state index in [0.717, 1.165) is 58.3 Å². The van der Waals surface area contributed by atoms with Gasteiger partial charge in [-0.3, -0.25) is 4.98 Å². The average Bonchev–Trinajstić information content (AvgIpc) is 3.26. The summed E-state index contributed by atoms with van der Waals surface area (Å²) in [5.41, 5.74) is 5.64. The molecule has 0 saturated carbocycles. The maximum absolute atomic E-state index is 5.52. The molecule has 7 heteroatoms. The largest absolute Gasteiger partial charge is 0.497 e. The van der Waals surface area contributed by atoms with Crippen LogP contribution in [-0.2, 0) is 7.05 Å². The number of fused-ring (bicyclic) bond motifs is 1. The van der Waals surface area contributed by atoms with Gasteiger partial charge in [0.15, 0.2) is 0 Å². The first-order chi connectivity index (χ1) is 16.0. The van der Waals surface area contributed by atoms with E-state index in [0.29, 0.717) is 6.04 Å². The zero-order valence-corrected chi connectivity index (χ0v) is 19.9. The van der Waals surface area contributed by atoms with Crippen molar-refractivity contribution in [2.75, 3.05) is 32.2 Å². The van der Waals surface area contributed by atoms with Gasteiger partial charge in [0.05, 0.1) is 37.1 Å². The van der Waals surface area contributed by atoms with E-state index in [-0.39, 0.29) is 0 Å². The number of methoxy groups -OCH3 is 2. The van der Waals surface area contributed by atoms with Crippen LogP contribution < -0.4 is 19.7 Å². The molecular formula is C26H31N5O2. The predicted octanol–water partition coefficient (Wildman–Crippen LogP) is 4.79. The lowest BCUT2D eigenvalue weighted by atomic mass is 10.2. The number of anilines is 2. The van der Waals surface area contributed by atoms with Crippen molar-refractivity contribution in [1.82, 2.24) is 19.9 Å². The number of nitrogens with zero attached hydrogens (tertiary/aromatic N) is 4. The molecule has 0 aliphatic heterocycles. The molecule has 4 rings (SSSR count). The first-order valence-electron chi connectivity index (χ1n) is 11.1. The Kier molecular flexibility index (Phi) is 6.79. The molecule has 2 heterocycles. The molecule has 0 saturated heterocycles. The van der Waals surface area contributed by atoms with Crippen molar-refractivity contribution in [3.63, 3.8) is 0 Å². The number of aromatic nitrogens is 3. The SMILES string of the molecule is COc1cc(OC)cc(N(CCNC(C)C)c2ccc3ncc(-c4ccn(C)c4)nc3c2)c1. The molecule has 33 heavy (non-hydrogen) atoms. The summed E-state index contributed by atoms with van der Waals surface area (Å²) in [5.74, 6) is 1.50. The normalized spacial score (nSPS) is 11.2. The maximum atomic E-state index is 5.52. The van der Waals surface area contributed by atoms with Crippen molar-refractivity contribution in [1.29, 1.82) is 0 Å². The summed E-state index contributed by atoms with van der Waals surface area (Å²) in [6, 6.07) is 14.6. The van der Waals surface area contributed by atoms with Crippen LogP contribution in [0.4, 0.5) is 11.4 Å². The van der Waals surface area contributed by atoms with E-state index in [1.807, 2.05) is 60.5 Å². The molecule has 0 amide bonds. The summed E-state index contributed by atoms with van der Waals surface area (Å²) in [6.07, 6.45) is 5.89. The summed E-state index contributed by atoms with van der Waals surface area (Å²) in [4.78, 5) is 11.8. The van der Waals surface area contributed by atoms with Crippen LogP contribution in [0, 0.1) is 0 Å². The van der Waals surface area contributed by atoms with Crippen molar-refractivity contribution in [3.05, 3.63) is 61.1 Å². The van der Waals surface area contributed by atoms with E-state index in [1.54, 1.807) is 14.2 Å². The van der Waals surface area contributed by atoms with Crippen LogP contribution in [0.1, 0.15) is 13.8 Å². The van der Waals surface area contributed by atoms with E-state index in [4.69, 9.17) is 14.5 Å². The fraction of sp³-hybridized carbons (Fsp3) is 0.308. The van der Waals surface area contributed by atoms with Gasteiger partial charge in [0.25, 0.3) is 0 Å². The molecule has 0 aliphatic carbocycles. The van der Waals surface area contributed by atoms with Crippen LogP contribution in [0.2, 0.25) is 0 Å². The number of benzene rings is 2. The highest BCUT2D eigenvalue weighted by Gasteiger charge is 2.14. The second-order valence-electron chi connectivity index (χ2n) is 8.33. The fourth-order valence-electron chi connectivity index (χ4n) is 3.78. The number of rotatable bonds is 9. The number of aryl methyl sites for hydroxylation is 1. The van der Waals surface area contributed by atoms with Crippen LogP contribution in [0.5, 0.6) is 11.5 Å². The number of hydrogen-bond acceptors (Lipinski definition) is 6. The zero-order valence-electron chi connectivity index (χ0n) is 19.9. The van der Waals surface area contributed by atoms with Gasteiger partial charge in [0.1, 0.15) is 11.5 Å². The Morgan fingerprint density at radius 3 is 2.36 bits per heavy atom. The molecule has 4 aromatic rings. The molecule has 0 fully saturated rings. The predicted molar refractivity (Wildman–Crippen MR) is 134 cm³/mol. The van der Waals surface area contributed by atoms with Crippen LogP contribution in [0.25, 0.3) is 22.3 Å². The Balaban J connectivity index is 1.76. The van der Waals surface area contributed by atoms with Crippen LogP contribution in [0.3, 0.4) is 0 Å². The van der Waals surface area contributed by atoms with E-state index >= 15 is 0 Å². The Morgan fingerprint density at radius 1 is 0.970 bits per heavy atom. The summed E-state index contributed by atoms with van der Waals surface area (Å²) >= 11 is 0. The summed E-state index contributed by atoms with van der Waals surface area (Å²) < 4.78 is 13.0. The Hall–Kier alpha value is -3.58. The monoisotopic (exact) mass is 445 g/mol. The van der Waals surface area contributed by atoms with Crippen LogP contribution >= 0.6 is 0 Å². The van der Waals surface area contributed by atoms with Crippen LogP contribution in [-0.4, -0.2) is 47.9 Å². The van der Waals surface area contributed by atoms with Crippen molar-refractivity contribution in [2.24, 2.45) is 7.05 Å². The molecule has 0 radical (unpaired) electrons. The first-order valence-corrected chi connectivity index (χ1v) is 11.1. The molecular weight excluding hydrogens is 414 g/mol. The minimum atomic E-state index is 0.405. The van der Waals surface area contributed by atoms with Gasteiger partial charge in [-0.1, -0.05) is 13.8 Å². The third kappa shape index (κ3) is 5.26. The van der Waals surface area contributed by atoms with Gasteiger partial charge < -0.3 is 24.3 Å². The van der Waals surface area contributed by atoms with Crippen molar-refractivity contribution >= 4 is 22.4 Å². The third-order valence-corrected chi connectivity index (χ3v) is 5.50. The highest BCUT2D eigenvalue weighted by atomic mass is 16.5. The average molecular weight is 446 g/mol. The molecule has 172 valence electrons. The lowest BCUT2D eigenvalue weighted by Crippen LogP contribution is -2.32. The first kappa shape index (κ1) is 22.6. The molecule has 1 N–H and O–H groups in total. The molecule has 0 unspecified atom stereocenters. The van der Waals surface area contributed by atoms with Gasteiger partial charge in [-0.05, 0) is 24.3 Å². The quantitative estimate of drug-likeness (QED) is 0.400. The number of ether oxygens (including phenoxy) is 2. The molecule has 0 atom stereocenters. The summed E-state index contributed by atoms with van der Waals surface area (Å²) in [7, 11) is 5.33. The van der Waals surface area contributed by atoms with Gasteiger partial charge in [-0.2, -0.15) is 0 Å². The Bertz CT molecular complexity index is 1210. The minimum Gasteiger partial charge on any atom is -0.497 e. The molecule has 7 nitrogen and oxygen atoms in total. The lowest BCUT2D eigenvalue weighted by molar-refractivity contribution is 0.394. The van der Waals surface area contributed by atoms with Gasteiger partial charge >= 0.3 is 0 Å². The highest BCUT2D eigenvalue weighted by Crippen LogP contribution is 2.34. The van der Waals surface area contributed by atoms with Gasteiger partial charge in [0, 0.05) is 73.7 Å². The third-order valence-electron chi connectivity index (χ3n) is 5.50. The molecule has 0 aliphatic rings. The fourth-order valence-corrected chi connectivity index (χ4v) is 3.78. The Morgan fingerprint density at radius 2 is 1.73 bits per heavy atom. The second-order valence-corrected chi connectivity index (χ2v) is 8.33. The number of hydrogen-bond donors (Lipinski definition) is 1. The van der Waals surface area contributed by atoms with Crippen LogP contribution in [0.15, 0.2) is 61.1 Å². The standard InChI is InChI=1S/C26H31N5O2/c1-18(2)27-9-11-31(21-12-22(32-4)15-23(13-21)33-5)20-6-7-24-25(14-20)29-26(16-28-24)19-8-10-30(3)17-19/h6-8,10,12-18,27H,9,11H2,1-5H3. The number of nitrogens with one attached hydrogen (secondary N) is 1. The van der Waals surface area contributed by atoms with E-state index in [9.17, 15) is 0 Å². The van der Waals surface area contributed by atoms with Gasteiger partial charge in [-0.15, -0.1) is 0 Å². The lowest BCUT2D eigenvalue weighted by Gasteiger charge is -2.27. The molecule has 0 bridgehead atoms. The summed E-state index contributed by atoms with van der Waals surface area (Å²) in [6.45, 7) is 5.89. The van der Waals surface area contributed by atoms with E-state index in [2.05, 4.69) is 41.2 Å². The second kappa shape index (κ2) is 9.92. The Labute approximate surface area is 195 Å². The van der Waals surface area contributed by atoms with Gasteiger partial charge in [-0.25, -0.2) is 4.98 Å². The zero-order chi connectivity index (χ0) is 23.4. The molecule has 0 spiro atoms.